The molecule has 1 atom stereocenters. The van der Waals surface area contributed by atoms with Gasteiger partial charge in [0.15, 0.2) is 0 Å². The van der Waals surface area contributed by atoms with Gasteiger partial charge in [-0.3, -0.25) is 0 Å². The van der Waals surface area contributed by atoms with Crippen LogP contribution in [0.15, 0.2) is 18.2 Å². The molecule has 0 aromatic heterocycles. The topological polar surface area (TPSA) is 40.5 Å². The molecular weight excluding hydrogens is 245 g/mol. The van der Waals surface area contributed by atoms with Crippen LogP contribution in [0.5, 0.6) is 0 Å². The third-order valence-electron chi connectivity index (χ3n) is 3.96. The van der Waals surface area contributed by atoms with Gasteiger partial charge in [-0.05, 0) is 43.4 Å². The van der Waals surface area contributed by atoms with Crippen LogP contribution in [0.4, 0.5) is 10.1 Å². The SMILES string of the molecule is CCC1CCCN(c2ccc(C(=O)O)cc2F)CC1. The molecule has 1 unspecified atom stereocenters. The Morgan fingerprint density at radius 1 is 1.42 bits per heavy atom. The van der Waals surface area contributed by atoms with Crippen LogP contribution in [0.3, 0.4) is 0 Å². The first-order valence-corrected chi connectivity index (χ1v) is 6.89. The molecular formula is C15H20FNO2. The van der Waals surface area contributed by atoms with E-state index in [1.54, 1.807) is 6.07 Å². The number of hydrogen-bond acceptors (Lipinski definition) is 2. The second-order valence-electron chi connectivity index (χ2n) is 5.16. The number of benzene rings is 1. The van der Waals surface area contributed by atoms with Gasteiger partial charge in [0.25, 0.3) is 0 Å². The summed E-state index contributed by atoms with van der Waals surface area (Å²) >= 11 is 0. The fraction of sp³-hybridized carbons (Fsp3) is 0.533. The molecule has 0 amide bonds. The summed E-state index contributed by atoms with van der Waals surface area (Å²) in [6.45, 7) is 3.89. The van der Waals surface area contributed by atoms with E-state index in [1.807, 2.05) is 4.90 Å². The van der Waals surface area contributed by atoms with Gasteiger partial charge in [0.05, 0.1) is 11.3 Å². The minimum absolute atomic E-state index is 0.00232. The largest absolute Gasteiger partial charge is 0.478 e. The van der Waals surface area contributed by atoms with Gasteiger partial charge in [0, 0.05) is 13.1 Å². The minimum atomic E-state index is -1.09. The Morgan fingerprint density at radius 2 is 2.21 bits per heavy atom. The number of carboxylic acid groups (broad SMARTS) is 1. The number of hydrogen-bond donors (Lipinski definition) is 1. The van der Waals surface area contributed by atoms with E-state index in [-0.39, 0.29) is 5.56 Å². The van der Waals surface area contributed by atoms with Gasteiger partial charge in [-0.25, -0.2) is 9.18 Å². The van der Waals surface area contributed by atoms with Gasteiger partial charge in [0.1, 0.15) is 5.82 Å². The fourth-order valence-electron chi connectivity index (χ4n) is 2.71. The van der Waals surface area contributed by atoms with Crippen LogP contribution >= 0.6 is 0 Å². The second kappa shape index (κ2) is 6.04. The third kappa shape index (κ3) is 3.25. The molecule has 1 aliphatic rings. The quantitative estimate of drug-likeness (QED) is 0.908. The first-order valence-electron chi connectivity index (χ1n) is 6.89. The highest BCUT2D eigenvalue weighted by Crippen LogP contribution is 2.26. The van der Waals surface area contributed by atoms with E-state index in [0.29, 0.717) is 5.69 Å². The van der Waals surface area contributed by atoms with Crippen molar-refractivity contribution in [1.29, 1.82) is 0 Å². The van der Waals surface area contributed by atoms with Crippen molar-refractivity contribution >= 4 is 11.7 Å². The number of carbonyl (C=O) groups is 1. The molecule has 3 nitrogen and oxygen atoms in total. The van der Waals surface area contributed by atoms with Crippen LogP contribution in [-0.4, -0.2) is 24.2 Å². The molecule has 1 aromatic carbocycles. The maximum absolute atomic E-state index is 14.0. The molecule has 1 aliphatic heterocycles. The van der Waals surface area contributed by atoms with Gasteiger partial charge in [-0.15, -0.1) is 0 Å². The van der Waals surface area contributed by atoms with Crippen molar-refractivity contribution in [3.63, 3.8) is 0 Å². The molecule has 4 heteroatoms. The summed E-state index contributed by atoms with van der Waals surface area (Å²) in [5, 5.41) is 8.84. The van der Waals surface area contributed by atoms with Gasteiger partial charge in [-0.2, -0.15) is 0 Å². The summed E-state index contributed by atoms with van der Waals surface area (Å²) in [5.41, 5.74) is 0.532. The van der Waals surface area contributed by atoms with Crippen LogP contribution in [0.25, 0.3) is 0 Å². The smallest absolute Gasteiger partial charge is 0.335 e. The zero-order valence-corrected chi connectivity index (χ0v) is 11.2. The van der Waals surface area contributed by atoms with E-state index in [0.717, 1.165) is 37.9 Å². The molecule has 0 spiro atoms. The highest BCUT2D eigenvalue weighted by molar-refractivity contribution is 5.88. The molecule has 0 saturated carbocycles. The molecule has 0 aliphatic carbocycles. The van der Waals surface area contributed by atoms with Crippen molar-refractivity contribution < 1.29 is 14.3 Å². The monoisotopic (exact) mass is 265 g/mol. The highest BCUT2D eigenvalue weighted by Gasteiger charge is 2.19. The third-order valence-corrected chi connectivity index (χ3v) is 3.96. The van der Waals surface area contributed by atoms with Crippen molar-refractivity contribution in [2.24, 2.45) is 5.92 Å². The van der Waals surface area contributed by atoms with E-state index in [2.05, 4.69) is 6.92 Å². The normalized spacial score (nSPS) is 20.1. The molecule has 1 saturated heterocycles. The van der Waals surface area contributed by atoms with E-state index in [1.165, 1.54) is 18.9 Å². The summed E-state index contributed by atoms with van der Waals surface area (Å²) in [7, 11) is 0. The molecule has 2 rings (SSSR count). The standard InChI is InChI=1S/C15H20FNO2/c1-2-11-4-3-8-17(9-7-11)14-6-5-12(15(18)19)10-13(14)16/h5-6,10-11H,2-4,7-9H2,1H3,(H,18,19). The van der Waals surface area contributed by atoms with Crippen LogP contribution in [-0.2, 0) is 0 Å². The Balaban J connectivity index is 2.15. The molecule has 1 heterocycles. The maximum Gasteiger partial charge on any atom is 0.335 e. The lowest BCUT2D eigenvalue weighted by Gasteiger charge is -2.23. The Bertz CT molecular complexity index is 461. The molecule has 1 aromatic rings. The van der Waals surface area contributed by atoms with Crippen molar-refractivity contribution in [3.05, 3.63) is 29.6 Å². The van der Waals surface area contributed by atoms with Crippen LogP contribution < -0.4 is 4.90 Å². The maximum atomic E-state index is 14.0. The summed E-state index contributed by atoms with van der Waals surface area (Å²) in [5.74, 6) is -0.798. The summed E-state index contributed by atoms with van der Waals surface area (Å²) < 4.78 is 14.0. The Labute approximate surface area is 113 Å². The number of nitrogens with zero attached hydrogens (tertiary/aromatic N) is 1. The zero-order valence-electron chi connectivity index (χ0n) is 11.2. The lowest BCUT2D eigenvalue weighted by molar-refractivity contribution is 0.0696. The predicted octanol–water partition coefficient (Wildman–Crippen LogP) is 3.54. The number of halogens is 1. The van der Waals surface area contributed by atoms with Crippen LogP contribution in [0.1, 0.15) is 43.0 Å². The Kier molecular flexibility index (Phi) is 4.40. The lowest BCUT2D eigenvalue weighted by Crippen LogP contribution is -2.25. The first kappa shape index (κ1) is 13.8. The highest BCUT2D eigenvalue weighted by atomic mass is 19.1. The molecule has 1 fully saturated rings. The summed E-state index contributed by atoms with van der Waals surface area (Å²) in [6, 6.07) is 4.17. The minimum Gasteiger partial charge on any atom is -0.478 e. The van der Waals surface area contributed by atoms with Crippen molar-refractivity contribution in [1.82, 2.24) is 0 Å². The Morgan fingerprint density at radius 3 is 2.84 bits per heavy atom. The van der Waals surface area contributed by atoms with Crippen molar-refractivity contribution in [3.8, 4) is 0 Å². The zero-order chi connectivity index (χ0) is 13.8. The van der Waals surface area contributed by atoms with Gasteiger partial charge >= 0.3 is 5.97 Å². The second-order valence-corrected chi connectivity index (χ2v) is 5.16. The summed E-state index contributed by atoms with van der Waals surface area (Å²) in [4.78, 5) is 12.8. The average molecular weight is 265 g/mol. The van der Waals surface area contributed by atoms with E-state index in [9.17, 15) is 9.18 Å². The molecule has 1 N–H and O–H groups in total. The number of rotatable bonds is 3. The van der Waals surface area contributed by atoms with Crippen LogP contribution in [0.2, 0.25) is 0 Å². The van der Waals surface area contributed by atoms with E-state index < -0.39 is 11.8 Å². The first-order chi connectivity index (χ1) is 9.11. The molecule has 0 radical (unpaired) electrons. The lowest BCUT2D eigenvalue weighted by atomic mass is 9.98. The molecule has 19 heavy (non-hydrogen) atoms. The number of aromatic carboxylic acids is 1. The molecule has 104 valence electrons. The van der Waals surface area contributed by atoms with E-state index >= 15 is 0 Å². The summed E-state index contributed by atoms with van der Waals surface area (Å²) in [6.07, 6.45) is 4.52. The fourth-order valence-corrected chi connectivity index (χ4v) is 2.71. The van der Waals surface area contributed by atoms with Gasteiger partial charge < -0.3 is 10.0 Å². The van der Waals surface area contributed by atoms with Gasteiger partial charge in [0.2, 0.25) is 0 Å². The number of anilines is 1. The van der Waals surface area contributed by atoms with Gasteiger partial charge in [-0.1, -0.05) is 13.3 Å². The van der Waals surface area contributed by atoms with E-state index in [4.69, 9.17) is 5.11 Å². The predicted molar refractivity (Wildman–Crippen MR) is 73.2 cm³/mol. The average Bonchev–Trinajstić information content (AvgIpc) is 2.63. The van der Waals surface area contributed by atoms with Crippen molar-refractivity contribution in [2.45, 2.75) is 32.6 Å². The molecule has 0 bridgehead atoms. The van der Waals surface area contributed by atoms with Crippen LogP contribution in [0, 0.1) is 11.7 Å². The number of carboxylic acids is 1. The van der Waals surface area contributed by atoms with Crippen molar-refractivity contribution in [2.75, 3.05) is 18.0 Å². The Hall–Kier alpha value is -1.58.